The maximum atomic E-state index is 12.1. The van der Waals surface area contributed by atoms with E-state index in [0.29, 0.717) is 22.6 Å². The molecule has 0 saturated heterocycles. The number of hydrogen-bond acceptors (Lipinski definition) is 3. The molecule has 112 valence electrons. The minimum Gasteiger partial charge on any atom is -0.395 e. The van der Waals surface area contributed by atoms with E-state index in [1.165, 1.54) is 18.0 Å². The highest BCUT2D eigenvalue weighted by Crippen LogP contribution is 2.18. The SMILES string of the molecule is CNC(=O)CN(C)C(=O)c1ccc(C#CCCO)c(Cl)c1. The number of halogens is 1. The van der Waals surface area contributed by atoms with E-state index in [9.17, 15) is 9.59 Å². The van der Waals surface area contributed by atoms with Gasteiger partial charge in [0.15, 0.2) is 0 Å². The number of amides is 2. The molecule has 0 aliphatic rings. The first-order valence-electron chi connectivity index (χ1n) is 6.35. The highest BCUT2D eigenvalue weighted by atomic mass is 35.5. The zero-order valence-corrected chi connectivity index (χ0v) is 12.7. The fourth-order valence-corrected chi connectivity index (χ4v) is 1.78. The van der Waals surface area contributed by atoms with Crippen LogP contribution in [-0.2, 0) is 4.79 Å². The molecule has 0 atom stereocenters. The first-order valence-corrected chi connectivity index (χ1v) is 6.72. The lowest BCUT2D eigenvalue weighted by molar-refractivity contribution is -0.121. The highest BCUT2D eigenvalue weighted by Gasteiger charge is 2.15. The Morgan fingerprint density at radius 2 is 2.14 bits per heavy atom. The van der Waals surface area contributed by atoms with Crippen LogP contribution in [0, 0.1) is 11.8 Å². The van der Waals surface area contributed by atoms with E-state index in [2.05, 4.69) is 17.2 Å². The zero-order chi connectivity index (χ0) is 15.8. The predicted octanol–water partition coefficient (Wildman–Crippen LogP) is 0.892. The fourth-order valence-electron chi connectivity index (χ4n) is 1.55. The summed E-state index contributed by atoms with van der Waals surface area (Å²) in [5.41, 5.74) is 0.981. The van der Waals surface area contributed by atoms with Gasteiger partial charge in [0, 0.05) is 31.6 Å². The van der Waals surface area contributed by atoms with E-state index >= 15 is 0 Å². The third kappa shape index (κ3) is 5.10. The minimum atomic E-state index is -0.296. The summed E-state index contributed by atoms with van der Waals surface area (Å²) in [6.45, 7) is -0.0313. The molecule has 1 aromatic carbocycles. The number of carbonyl (C=O) groups is 2. The summed E-state index contributed by atoms with van der Waals surface area (Å²) < 4.78 is 0. The normalized spacial score (nSPS) is 9.52. The van der Waals surface area contributed by atoms with Crippen LogP contribution < -0.4 is 5.32 Å². The third-order valence-electron chi connectivity index (χ3n) is 2.68. The van der Waals surface area contributed by atoms with Gasteiger partial charge in [0.1, 0.15) is 0 Å². The van der Waals surface area contributed by atoms with Crippen LogP contribution in [0.5, 0.6) is 0 Å². The Balaban J connectivity index is 2.86. The molecule has 1 aromatic rings. The van der Waals surface area contributed by atoms with Gasteiger partial charge in [0.05, 0.1) is 18.2 Å². The van der Waals surface area contributed by atoms with Gasteiger partial charge in [-0.15, -0.1) is 0 Å². The second-order valence-corrected chi connectivity index (χ2v) is 4.71. The van der Waals surface area contributed by atoms with Crippen LogP contribution in [0.4, 0.5) is 0 Å². The largest absolute Gasteiger partial charge is 0.395 e. The Morgan fingerprint density at radius 3 is 2.71 bits per heavy atom. The van der Waals surface area contributed by atoms with Crippen molar-refractivity contribution in [3.8, 4) is 11.8 Å². The van der Waals surface area contributed by atoms with E-state index in [1.807, 2.05) is 0 Å². The van der Waals surface area contributed by atoms with E-state index in [0.717, 1.165) is 0 Å². The van der Waals surface area contributed by atoms with Gasteiger partial charge < -0.3 is 15.3 Å². The zero-order valence-electron chi connectivity index (χ0n) is 11.9. The second-order valence-electron chi connectivity index (χ2n) is 4.30. The molecule has 0 heterocycles. The Kier molecular flexibility index (Phi) is 6.73. The maximum absolute atomic E-state index is 12.1. The van der Waals surface area contributed by atoms with Crippen LogP contribution in [0.25, 0.3) is 0 Å². The maximum Gasteiger partial charge on any atom is 0.254 e. The molecule has 5 nitrogen and oxygen atoms in total. The summed E-state index contributed by atoms with van der Waals surface area (Å²) in [5.74, 6) is 5.04. The number of likely N-dealkylation sites (N-methyl/N-ethyl adjacent to an activating group) is 2. The van der Waals surface area contributed by atoms with Crippen LogP contribution in [-0.4, -0.2) is 49.1 Å². The van der Waals surface area contributed by atoms with Crippen LogP contribution >= 0.6 is 11.6 Å². The fraction of sp³-hybridized carbons (Fsp3) is 0.333. The minimum absolute atomic E-state index is 0.00846. The van der Waals surface area contributed by atoms with Gasteiger partial charge in [-0.2, -0.15) is 0 Å². The first kappa shape index (κ1) is 17.0. The van der Waals surface area contributed by atoms with Crippen molar-refractivity contribution in [2.24, 2.45) is 0 Å². The lowest BCUT2D eigenvalue weighted by Crippen LogP contribution is -2.36. The van der Waals surface area contributed by atoms with Crippen molar-refractivity contribution in [2.75, 3.05) is 27.2 Å². The molecule has 0 spiro atoms. The van der Waals surface area contributed by atoms with Gasteiger partial charge in [0.25, 0.3) is 5.91 Å². The summed E-state index contributed by atoms with van der Waals surface area (Å²) in [6.07, 6.45) is 0.367. The number of hydrogen-bond donors (Lipinski definition) is 2. The standard InChI is InChI=1S/C15H17ClN2O3/c1-17-14(20)10-18(2)15(21)12-7-6-11(13(16)9-12)5-3-4-8-19/h6-7,9,19H,4,8,10H2,1-2H3,(H,17,20). The second kappa shape index (κ2) is 8.30. The number of nitrogens with zero attached hydrogens (tertiary/aromatic N) is 1. The number of nitrogens with one attached hydrogen (secondary N) is 1. The van der Waals surface area contributed by atoms with Gasteiger partial charge in [-0.05, 0) is 18.2 Å². The van der Waals surface area contributed by atoms with Gasteiger partial charge in [-0.25, -0.2) is 0 Å². The number of benzene rings is 1. The lowest BCUT2D eigenvalue weighted by Gasteiger charge is -2.16. The van der Waals surface area contributed by atoms with E-state index in [-0.39, 0.29) is 25.0 Å². The molecule has 0 bridgehead atoms. The summed E-state index contributed by atoms with van der Waals surface area (Å²) in [6, 6.07) is 4.78. The van der Waals surface area contributed by atoms with Crippen molar-refractivity contribution < 1.29 is 14.7 Å². The molecule has 21 heavy (non-hydrogen) atoms. The van der Waals surface area contributed by atoms with E-state index < -0.39 is 0 Å². The van der Waals surface area contributed by atoms with E-state index in [1.54, 1.807) is 19.2 Å². The molecule has 0 saturated carbocycles. The monoisotopic (exact) mass is 308 g/mol. The molecule has 0 fully saturated rings. The molecule has 2 N–H and O–H groups in total. The molecule has 0 radical (unpaired) electrons. The Labute approximate surface area is 128 Å². The molecule has 1 rings (SSSR count). The highest BCUT2D eigenvalue weighted by molar-refractivity contribution is 6.32. The summed E-state index contributed by atoms with van der Waals surface area (Å²) in [7, 11) is 3.05. The number of rotatable bonds is 4. The van der Waals surface area contributed by atoms with Crippen molar-refractivity contribution in [2.45, 2.75) is 6.42 Å². The van der Waals surface area contributed by atoms with Gasteiger partial charge in [-0.1, -0.05) is 23.4 Å². The average Bonchev–Trinajstić information content (AvgIpc) is 2.48. The smallest absolute Gasteiger partial charge is 0.254 e. The Hall–Kier alpha value is -2.03. The van der Waals surface area contributed by atoms with Crippen LogP contribution in [0.2, 0.25) is 5.02 Å². The van der Waals surface area contributed by atoms with Gasteiger partial charge >= 0.3 is 0 Å². The summed E-state index contributed by atoms with van der Waals surface area (Å²) >= 11 is 6.08. The molecule has 0 aromatic heterocycles. The number of carbonyl (C=O) groups excluding carboxylic acids is 2. The molecular weight excluding hydrogens is 292 g/mol. The average molecular weight is 309 g/mol. The molecule has 2 amide bonds. The van der Waals surface area contributed by atoms with Gasteiger partial charge in [0.2, 0.25) is 5.91 Å². The molecule has 0 aliphatic carbocycles. The number of aliphatic hydroxyl groups excluding tert-OH is 1. The summed E-state index contributed by atoms with van der Waals surface area (Å²) in [5, 5.41) is 11.5. The molecule has 6 heteroatoms. The Bertz CT molecular complexity index is 590. The van der Waals surface area contributed by atoms with Crippen LogP contribution in [0.1, 0.15) is 22.3 Å². The quantitative estimate of drug-likeness (QED) is 0.812. The van der Waals surface area contributed by atoms with Gasteiger partial charge in [-0.3, -0.25) is 9.59 Å². The lowest BCUT2D eigenvalue weighted by atomic mass is 10.1. The van der Waals surface area contributed by atoms with Crippen molar-refractivity contribution in [1.29, 1.82) is 0 Å². The number of aliphatic hydroxyl groups is 1. The van der Waals surface area contributed by atoms with E-state index in [4.69, 9.17) is 16.7 Å². The van der Waals surface area contributed by atoms with Crippen molar-refractivity contribution in [3.63, 3.8) is 0 Å². The molecular formula is C15H17ClN2O3. The molecule has 0 unspecified atom stereocenters. The summed E-state index contributed by atoms with van der Waals surface area (Å²) in [4.78, 5) is 24.7. The first-order chi connectivity index (χ1) is 9.99. The van der Waals surface area contributed by atoms with Crippen LogP contribution in [0.15, 0.2) is 18.2 Å². The molecule has 0 aliphatic heterocycles. The third-order valence-corrected chi connectivity index (χ3v) is 2.99. The topological polar surface area (TPSA) is 69.6 Å². The van der Waals surface area contributed by atoms with Crippen molar-refractivity contribution >= 4 is 23.4 Å². The predicted molar refractivity (Wildman–Crippen MR) is 81.1 cm³/mol. The Morgan fingerprint density at radius 1 is 1.43 bits per heavy atom. The van der Waals surface area contributed by atoms with Crippen molar-refractivity contribution in [1.82, 2.24) is 10.2 Å². The van der Waals surface area contributed by atoms with Crippen LogP contribution in [0.3, 0.4) is 0 Å². The van der Waals surface area contributed by atoms with Crippen molar-refractivity contribution in [3.05, 3.63) is 34.3 Å².